The molecule has 0 amide bonds. The maximum atomic E-state index is 2.59. The number of hydrogen-bond donors (Lipinski definition) is 0. The lowest BCUT2D eigenvalue weighted by Crippen LogP contribution is -2.46. The van der Waals surface area contributed by atoms with Crippen molar-refractivity contribution >= 4 is 0 Å². The van der Waals surface area contributed by atoms with Gasteiger partial charge in [-0.3, -0.25) is 9.80 Å². The monoisotopic (exact) mass is 268 g/mol. The minimum Gasteiger partial charge on any atom is -0.297 e. The van der Waals surface area contributed by atoms with Crippen molar-refractivity contribution in [1.29, 1.82) is 0 Å². The van der Waals surface area contributed by atoms with Crippen LogP contribution >= 0.6 is 0 Å². The van der Waals surface area contributed by atoms with E-state index in [1.54, 1.807) is 0 Å². The summed E-state index contributed by atoms with van der Waals surface area (Å²) >= 11 is 0. The SMILES string of the molecule is C1=CC(CN2CCN(Cc3ccccc3)CC2)=CCC1. The van der Waals surface area contributed by atoms with E-state index >= 15 is 0 Å². The predicted octanol–water partition coefficient (Wildman–Crippen LogP) is 3.08. The highest BCUT2D eigenvalue weighted by molar-refractivity contribution is 5.23. The molecule has 2 aliphatic rings. The lowest BCUT2D eigenvalue weighted by Gasteiger charge is -2.35. The second-order valence-electron chi connectivity index (χ2n) is 5.80. The summed E-state index contributed by atoms with van der Waals surface area (Å²) in [6.45, 7) is 6.99. The first kappa shape index (κ1) is 13.6. The number of piperazine rings is 1. The first-order chi connectivity index (χ1) is 9.90. The van der Waals surface area contributed by atoms with Crippen molar-refractivity contribution in [2.45, 2.75) is 19.4 Å². The van der Waals surface area contributed by atoms with Gasteiger partial charge in [-0.25, -0.2) is 0 Å². The van der Waals surface area contributed by atoms with Crippen LogP contribution in [0.3, 0.4) is 0 Å². The Kier molecular flexibility index (Phi) is 4.67. The Hall–Kier alpha value is -1.38. The highest BCUT2D eigenvalue weighted by Gasteiger charge is 2.17. The van der Waals surface area contributed by atoms with E-state index in [2.05, 4.69) is 58.4 Å². The van der Waals surface area contributed by atoms with Crippen LogP contribution in [-0.2, 0) is 6.54 Å². The van der Waals surface area contributed by atoms with Crippen LogP contribution in [0.15, 0.2) is 54.1 Å². The molecular weight excluding hydrogens is 244 g/mol. The molecule has 0 unspecified atom stereocenters. The van der Waals surface area contributed by atoms with Crippen molar-refractivity contribution in [3.05, 3.63) is 59.7 Å². The third-order valence-electron chi connectivity index (χ3n) is 4.19. The van der Waals surface area contributed by atoms with Gasteiger partial charge in [-0.2, -0.15) is 0 Å². The molecule has 0 radical (unpaired) electrons. The molecule has 0 N–H and O–H groups in total. The third kappa shape index (κ3) is 3.81. The average Bonchev–Trinajstić information content (AvgIpc) is 2.51. The number of allylic oxidation sites excluding steroid dienone is 2. The molecule has 0 atom stereocenters. The fraction of sp³-hybridized carbons (Fsp3) is 0.444. The first-order valence-corrected chi connectivity index (χ1v) is 7.74. The van der Waals surface area contributed by atoms with Crippen LogP contribution in [0.1, 0.15) is 18.4 Å². The molecule has 1 fully saturated rings. The second-order valence-corrected chi connectivity index (χ2v) is 5.80. The Morgan fingerprint density at radius 2 is 1.50 bits per heavy atom. The normalized spacial score (nSPS) is 20.9. The van der Waals surface area contributed by atoms with Crippen LogP contribution in [0.2, 0.25) is 0 Å². The summed E-state index contributed by atoms with van der Waals surface area (Å²) in [4.78, 5) is 5.15. The van der Waals surface area contributed by atoms with Crippen molar-refractivity contribution in [3.63, 3.8) is 0 Å². The molecular formula is C18H24N2. The second kappa shape index (κ2) is 6.87. The van der Waals surface area contributed by atoms with Gasteiger partial charge in [0.1, 0.15) is 0 Å². The van der Waals surface area contributed by atoms with Gasteiger partial charge in [0, 0.05) is 39.3 Å². The average molecular weight is 268 g/mol. The Labute approximate surface area is 122 Å². The van der Waals surface area contributed by atoms with Gasteiger partial charge in [0.2, 0.25) is 0 Å². The highest BCUT2D eigenvalue weighted by atomic mass is 15.3. The van der Waals surface area contributed by atoms with Crippen molar-refractivity contribution in [2.75, 3.05) is 32.7 Å². The summed E-state index contributed by atoms with van der Waals surface area (Å²) in [5, 5.41) is 0. The van der Waals surface area contributed by atoms with Gasteiger partial charge >= 0.3 is 0 Å². The summed E-state index contributed by atoms with van der Waals surface area (Å²) in [7, 11) is 0. The minimum atomic E-state index is 1.09. The largest absolute Gasteiger partial charge is 0.297 e. The van der Waals surface area contributed by atoms with Crippen LogP contribution in [0.5, 0.6) is 0 Å². The summed E-state index contributed by atoms with van der Waals surface area (Å²) in [6.07, 6.45) is 9.45. The molecule has 1 saturated heterocycles. The van der Waals surface area contributed by atoms with E-state index in [4.69, 9.17) is 0 Å². The molecule has 1 aliphatic heterocycles. The molecule has 20 heavy (non-hydrogen) atoms. The number of rotatable bonds is 4. The molecule has 0 aromatic heterocycles. The van der Waals surface area contributed by atoms with Crippen molar-refractivity contribution in [2.24, 2.45) is 0 Å². The Balaban J connectivity index is 1.45. The quantitative estimate of drug-likeness (QED) is 0.828. The first-order valence-electron chi connectivity index (χ1n) is 7.74. The Bertz CT molecular complexity index is 467. The lowest BCUT2D eigenvalue weighted by atomic mass is 10.1. The van der Waals surface area contributed by atoms with Crippen LogP contribution in [0.4, 0.5) is 0 Å². The molecule has 2 nitrogen and oxygen atoms in total. The molecule has 0 bridgehead atoms. The predicted molar refractivity (Wildman–Crippen MR) is 84.6 cm³/mol. The van der Waals surface area contributed by atoms with E-state index in [0.717, 1.165) is 13.1 Å². The zero-order valence-corrected chi connectivity index (χ0v) is 12.2. The van der Waals surface area contributed by atoms with E-state index in [1.165, 1.54) is 50.2 Å². The molecule has 106 valence electrons. The minimum absolute atomic E-state index is 1.09. The van der Waals surface area contributed by atoms with Gasteiger partial charge in [-0.1, -0.05) is 48.6 Å². The van der Waals surface area contributed by atoms with Gasteiger partial charge in [0.15, 0.2) is 0 Å². The van der Waals surface area contributed by atoms with Gasteiger partial charge < -0.3 is 0 Å². The van der Waals surface area contributed by atoms with E-state index in [9.17, 15) is 0 Å². The summed E-state index contributed by atoms with van der Waals surface area (Å²) in [5.74, 6) is 0. The molecule has 3 rings (SSSR count). The van der Waals surface area contributed by atoms with Gasteiger partial charge in [0.25, 0.3) is 0 Å². The maximum absolute atomic E-state index is 2.59. The van der Waals surface area contributed by atoms with Crippen LogP contribution in [0, 0.1) is 0 Å². The fourth-order valence-electron chi connectivity index (χ4n) is 2.99. The number of benzene rings is 1. The van der Waals surface area contributed by atoms with E-state index in [0.29, 0.717) is 0 Å². The van der Waals surface area contributed by atoms with Gasteiger partial charge in [-0.05, 0) is 24.0 Å². The van der Waals surface area contributed by atoms with E-state index in [-0.39, 0.29) is 0 Å². The maximum Gasteiger partial charge on any atom is 0.0234 e. The molecule has 1 aromatic carbocycles. The third-order valence-corrected chi connectivity index (χ3v) is 4.19. The van der Waals surface area contributed by atoms with Crippen LogP contribution in [-0.4, -0.2) is 42.5 Å². The molecule has 1 aromatic rings. The summed E-state index contributed by atoms with van der Waals surface area (Å²) in [5.41, 5.74) is 2.94. The molecule has 1 heterocycles. The van der Waals surface area contributed by atoms with E-state index < -0.39 is 0 Å². The van der Waals surface area contributed by atoms with Crippen molar-refractivity contribution in [3.8, 4) is 0 Å². The lowest BCUT2D eigenvalue weighted by molar-refractivity contribution is 0.135. The van der Waals surface area contributed by atoms with Crippen molar-refractivity contribution < 1.29 is 0 Å². The van der Waals surface area contributed by atoms with Crippen molar-refractivity contribution in [1.82, 2.24) is 9.80 Å². The number of hydrogen-bond acceptors (Lipinski definition) is 2. The Morgan fingerprint density at radius 1 is 0.800 bits per heavy atom. The van der Waals surface area contributed by atoms with E-state index in [1.807, 2.05) is 0 Å². The fourth-order valence-corrected chi connectivity index (χ4v) is 2.99. The highest BCUT2D eigenvalue weighted by Crippen LogP contribution is 2.13. The Morgan fingerprint density at radius 3 is 2.15 bits per heavy atom. The number of nitrogens with zero attached hydrogens (tertiary/aromatic N) is 2. The molecule has 0 spiro atoms. The zero-order valence-electron chi connectivity index (χ0n) is 12.2. The molecule has 2 heteroatoms. The summed E-state index contributed by atoms with van der Waals surface area (Å²) in [6, 6.07) is 10.8. The van der Waals surface area contributed by atoms with Gasteiger partial charge in [-0.15, -0.1) is 0 Å². The smallest absolute Gasteiger partial charge is 0.0234 e. The molecule has 0 saturated carbocycles. The zero-order chi connectivity index (χ0) is 13.6. The van der Waals surface area contributed by atoms with Crippen LogP contribution in [0.25, 0.3) is 0 Å². The van der Waals surface area contributed by atoms with Gasteiger partial charge in [0.05, 0.1) is 0 Å². The standard InChI is InChI=1S/C18H24N2/c1-3-7-17(8-4-1)15-19-11-13-20(14-12-19)16-18-9-5-2-6-10-18/h1,3-5,7-10H,2,6,11-16H2. The van der Waals surface area contributed by atoms with Crippen LogP contribution < -0.4 is 0 Å². The topological polar surface area (TPSA) is 6.48 Å². The summed E-state index contributed by atoms with van der Waals surface area (Å²) < 4.78 is 0. The molecule has 1 aliphatic carbocycles.